The molecule has 0 bridgehead atoms. The van der Waals surface area contributed by atoms with Gasteiger partial charge in [0.25, 0.3) is 5.56 Å². The molecule has 2 N–H and O–H groups in total. The van der Waals surface area contributed by atoms with E-state index < -0.39 is 12.1 Å². The van der Waals surface area contributed by atoms with Crippen LogP contribution in [0.25, 0.3) is 10.9 Å². The van der Waals surface area contributed by atoms with Crippen LogP contribution in [0.3, 0.4) is 0 Å². The standard InChI is InChI=1S/C29H36N8O5/c1-7-20-15-42-29(40)37(20)28-32-18(5)31-27(34-28)30-17(4)21-11-19-12-23(24(41-6)13-22(19)33-26(21)39)35-9-10-36(16(3)14-35)25(38)8-2/h8,11-13,16-17,20H,2,7,9-10,14-15H2,1,3-6H3,(H,33,39)(H,30,31,32,34)/t16-,17+,20+/m1/s1. The minimum atomic E-state index is -0.494. The SMILES string of the molecule is C=CC(=O)N1CCN(c2cc3cc([C@H](C)Nc4nc(C)nc(N5C(=O)OC[C@@H]5CC)n4)c(=O)[nH]c3cc2OC)C[C@H]1C. The van der Waals surface area contributed by atoms with E-state index in [1.54, 1.807) is 14.0 Å². The molecule has 2 saturated heterocycles. The van der Waals surface area contributed by atoms with Gasteiger partial charge >= 0.3 is 6.09 Å². The summed E-state index contributed by atoms with van der Waals surface area (Å²) in [5.41, 5.74) is 1.74. The molecule has 0 saturated carbocycles. The van der Waals surface area contributed by atoms with Crippen molar-refractivity contribution in [2.45, 2.75) is 52.2 Å². The van der Waals surface area contributed by atoms with Crippen molar-refractivity contribution < 1.29 is 19.1 Å². The van der Waals surface area contributed by atoms with Gasteiger partial charge in [0.15, 0.2) is 0 Å². The second kappa shape index (κ2) is 11.7. The van der Waals surface area contributed by atoms with E-state index in [0.29, 0.717) is 48.7 Å². The number of fused-ring (bicyclic) bond motifs is 1. The maximum absolute atomic E-state index is 13.2. The van der Waals surface area contributed by atoms with E-state index in [1.165, 1.54) is 11.0 Å². The lowest BCUT2D eigenvalue weighted by molar-refractivity contribution is -0.128. The first-order chi connectivity index (χ1) is 20.1. The molecule has 0 unspecified atom stereocenters. The van der Waals surface area contributed by atoms with Crippen LogP contribution in [-0.4, -0.2) is 82.3 Å². The molecule has 3 atom stereocenters. The van der Waals surface area contributed by atoms with Crippen molar-refractivity contribution in [2.75, 3.05) is 48.5 Å². The number of benzene rings is 1. The summed E-state index contributed by atoms with van der Waals surface area (Å²) < 4.78 is 10.9. The summed E-state index contributed by atoms with van der Waals surface area (Å²) in [6, 6.07) is 5.01. The number of aromatic amines is 1. The molecule has 2 fully saturated rings. The Morgan fingerprint density at radius 2 is 2.05 bits per heavy atom. The zero-order chi connectivity index (χ0) is 30.1. The maximum atomic E-state index is 13.2. The van der Waals surface area contributed by atoms with E-state index in [2.05, 4.69) is 36.7 Å². The Balaban J connectivity index is 1.43. The number of aromatic nitrogens is 4. The summed E-state index contributed by atoms with van der Waals surface area (Å²) in [4.78, 5) is 59.4. The third-order valence-corrected chi connectivity index (χ3v) is 7.79. The number of aryl methyl sites for hydroxylation is 1. The van der Waals surface area contributed by atoms with Gasteiger partial charge in [-0.25, -0.2) is 9.69 Å². The summed E-state index contributed by atoms with van der Waals surface area (Å²) in [7, 11) is 1.60. The highest BCUT2D eigenvalue weighted by atomic mass is 16.6. The van der Waals surface area contributed by atoms with Crippen LogP contribution in [0.5, 0.6) is 5.75 Å². The van der Waals surface area contributed by atoms with Crippen LogP contribution in [0.15, 0.2) is 35.6 Å². The number of methoxy groups -OCH3 is 1. The molecule has 3 aromatic rings. The minimum Gasteiger partial charge on any atom is -0.495 e. The van der Waals surface area contributed by atoms with Crippen LogP contribution in [-0.2, 0) is 9.53 Å². The topological polar surface area (TPSA) is 146 Å². The molecule has 13 nitrogen and oxygen atoms in total. The van der Waals surface area contributed by atoms with Gasteiger partial charge in [-0.3, -0.25) is 9.59 Å². The first kappa shape index (κ1) is 28.8. The van der Waals surface area contributed by atoms with Gasteiger partial charge in [-0.2, -0.15) is 15.0 Å². The Bertz CT molecular complexity index is 1590. The van der Waals surface area contributed by atoms with E-state index in [4.69, 9.17) is 9.47 Å². The average Bonchev–Trinajstić information content (AvgIpc) is 3.35. The van der Waals surface area contributed by atoms with Crippen LogP contribution in [0.1, 0.15) is 44.6 Å². The highest BCUT2D eigenvalue weighted by Gasteiger charge is 2.35. The number of carbonyl (C=O) groups is 2. The number of hydrogen-bond acceptors (Lipinski definition) is 10. The molecular formula is C29H36N8O5. The molecule has 1 aromatic carbocycles. The van der Waals surface area contributed by atoms with Gasteiger partial charge in [0.1, 0.15) is 18.2 Å². The number of rotatable bonds is 8. The lowest BCUT2D eigenvalue weighted by atomic mass is 10.1. The summed E-state index contributed by atoms with van der Waals surface area (Å²) in [6.45, 7) is 13.2. The summed E-state index contributed by atoms with van der Waals surface area (Å²) in [5.74, 6) is 1.43. The van der Waals surface area contributed by atoms with Crippen molar-refractivity contribution in [3.05, 3.63) is 52.6 Å². The van der Waals surface area contributed by atoms with Crippen LogP contribution in [0.4, 0.5) is 22.4 Å². The van der Waals surface area contributed by atoms with Crippen molar-refractivity contribution in [2.24, 2.45) is 0 Å². The highest BCUT2D eigenvalue weighted by Crippen LogP contribution is 2.34. The number of nitrogens with one attached hydrogen (secondary N) is 2. The van der Waals surface area contributed by atoms with E-state index in [9.17, 15) is 14.4 Å². The molecule has 2 aliphatic heterocycles. The van der Waals surface area contributed by atoms with Gasteiger partial charge in [0.2, 0.25) is 17.8 Å². The lowest BCUT2D eigenvalue weighted by Crippen LogP contribution is -2.53. The molecule has 2 aliphatic rings. The van der Waals surface area contributed by atoms with Gasteiger partial charge < -0.3 is 29.6 Å². The highest BCUT2D eigenvalue weighted by molar-refractivity contribution is 5.89. The number of ether oxygens (including phenoxy) is 2. The molecule has 2 aromatic heterocycles. The molecule has 0 aliphatic carbocycles. The quantitative estimate of drug-likeness (QED) is 0.384. The Kier molecular flexibility index (Phi) is 8.01. The van der Waals surface area contributed by atoms with E-state index in [-0.39, 0.29) is 42.1 Å². The number of cyclic esters (lactones) is 1. The van der Waals surface area contributed by atoms with Crippen LogP contribution in [0.2, 0.25) is 0 Å². The molecular weight excluding hydrogens is 540 g/mol. The predicted octanol–water partition coefficient (Wildman–Crippen LogP) is 3.16. The molecule has 5 rings (SSSR count). The summed E-state index contributed by atoms with van der Waals surface area (Å²) >= 11 is 0. The van der Waals surface area contributed by atoms with Crippen LogP contribution < -0.4 is 25.4 Å². The van der Waals surface area contributed by atoms with Crippen LogP contribution in [0, 0.1) is 6.92 Å². The molecule has 0 spiro atoms. The smallest absolute Gasteiger partial charge is 0.417 e. The maximum Gasteiger partial charge on any atom is 0.417 e. The Morgan fingerprint density at radius 1 is 1.26 bits per heavy atom. The number of pyridine rings is 1. The fourth-order valence-electron chi connectivity index (χ4n) is 5.51. The molecule has 4 heterocycles. The molecule has 0 radical (unpaired) electrons. The number of H-pyrrole nitrogens is 1. The largest absolute Gasteiger partial charge is 0.495 e. The first-order valence-corrected chi connectivity index (χ1v) is 14.0. The Morgan fingerprint density at radius 3 is 2.74 bits per heavy atom. The molecule has 2 amide bonds. The molecule has 222 valence electrons. The number of hydrogen-bond donors (Lipinski definition) is 2. The lowest BCUT2D eigenvalue weighted by Gasteiger charge is -2.41. The number of amides is 2. The van der Waals surface area contributed by atoms with Gasteiger partial charge in [-0.1, -0.05) is 13.5 Å². The third kappa shape index (κ3) is 5.46. The van der Waals surface area contributed by atoms with Crippen molar-refractivity contribution in [1.82, 2.24) is 24.8 Å². The van der Waals surface area contributed by atoms with E-state index in [1.807, 2.05) is 43.9 Å². The first-order valence-electron chi connectivity index (χ1n) is 14.0. The minimum absolute atomic E-state index is 0.0104. The van der Waals surface area contributed by atoms with Gasteiger partial charge in [0, 0.05) is 42.7 Å². The second-order valence-electron chi connectivity index (χ2n) is 10.6. The van der Waals surface area contributed by atoms with Gasteiger partial charge in [0.05, 0.1) is 30.4 Å². The van der Waals surface area contributed by atoms with Crippen molar-refractivity contribution in [3.8, 4) is 5.75 Å². The van der Waals surface area contributed by atoms with Gasteiger partial charge in [-0.05, 0) is 45.4 Å². The van der Waals surface area contributed by atoms with Crippen molar-refractivity contribution >= 4 is 40.5 Å². The zero-order valence-electron chi connectivity index (χ0n) is 24.5. The number of anilines is 3. The summed E-state index contributed by atoms with van der Waals surface area (Å²) in [5, 5.41) is 4.03. The zero-order valence-corrected chi connectivity index (χ0v) is 24.5. The predicted molar refractivity (Wildman–Crippen MR) is 159 cm³/mol. The molecule has 42 heavy (non-hydrogen) atoms. The Hall–Kier alpha value is -4.68. The fraction of sp³-hybridized carbons (Fsp3) is 0.448. The van der Waals surface area contributed by atoms with Crippen LogP contribution >= 0.6 is 0 Å². The van der Waals surface area contributed by atoms with E-state index >= 15 is 0 Å². The molecule has 13 heteroatoms. The summed E-state index contributed by atoms with van der Waals surface area (Å²) in [6.07, 6.45) is 1.54. The fourth-order valence-corrected chi connectivity index (χ4v) is 5.51. The number of piperazine rings is 1. The monoisotopic (exact) mass is 576 g/mol. The Labute approximate surface area is 243 Å². The third-order valence-electron chi connectivity index (χ3n) is 7.79. The number of carbonyl (C=O) groups excluding carboxylic acids is 2. The van der Waals surface area contributed by atoms with Crippen molar-refractivity contribution in [1.29, 1.82) is 0 Å². The van der Waals surface area contributed by atoms with Crippen molar-refractivity contribution in [3.63, 3.8) is 0 Å². The van der Waals surface area contributed by atoms with E-state index in [0.717, 1.165) is 11.1 Å². The second-order valence-corrected chi connectivity index (χ2v) is 10.6. The average molecular weight is 577 g/mol. The number of nitrogens with zero attached hydrogens (tertiary/aromatic N) is 6. The normalized spacial score (nSPS) is 19.5. The van der Waals surface area contributed by atoms with Gasteiger partial charge in [-0.15, -0.1) is 0 Å².